The smallest absolute Gasteiger partial charge is 0.307 e. The molecule has 0 unspecified atom stereocenters. The van der Waals surface area contributed by atoms with Gasteiger partial charge in [-0.3, -0.25) is 9.59 Å². The molecular formula is C24H25N6O4+. The number of hydrogen-bond donors (Lipinski definition) is 5. The van der Waals surface area contributed by atoms with E-state index in [1.165, 1.54) is 0 Å². The molecular weight excluding hydrogens is 436 g/mol. The fourth-order valence-corrected chi connectivity index (χ4v) is 3.61. The number of nitrogens with zero attached hydrogens (tertiary/aromatic N) is 3. The standard InChI is InChI=1S/C24H24N6O4/c1-30-10-8-15(9-11-30)18-7-5-17(28-24(27)29-23(25)26)13-16(18)4-2-14-3-6-19(21(31)32)20(12-14)22(33)34/h3,5,7-11,13,19-20H,6,12H2,1H3,(H7,25,26,27,29,31,32,33,34)/p+1/t19-,20+/m0/s1. The second-order valence-corrected chi connectivity index (χ2v) is 7.80. The van der Waals surface area contributed by atoms with Crippen LogP contribution in [0.25, 0.3) is 11.1 Å². The number of aromatic nitrogens is 1. The highest BCUT2D eigenvalue weighted by Gasteiger charge is 2.36. The number of hydrogen-bond acceptors (Lipinski definition) is 3. The second-order valence-electron chi connectivity index (χ2n) is 7.80. The number of aryl methyl sites for hydroxylation is 1. The van der Waals surface area contributed by atoms with Crippen LogP contribution in [-0.4, -0.2) is 34.1 Å². The molecule has 0 spiro atoms. The van der Waals surface area contributed by atoms with Crippen LogP contribution in [0.4, 0.5) is 5.69 Å². The van der Waals surface area contributed by atoms with Gasteiger partial charge < -0.3 is 27.4 Å². The molecule has 1 aliphatic carbocycles. The number of carboxylic acids is 2. The van der Waals surface area contributed by atoms with Crippen molar-refractivity contribution in [3.8, 4) is 23.0 Å². The molecule has 2 aromatic rings. The van der Waals surface area contributed by atoms with Crippen molar-refractivity contribution in [2.75, 3.05) is 0 Å². The summed E-state index contributed by atoms with van der Waals surface area (Å²) in [5.74, 6) is 1.50. The summed E-state index contributed by atoms with van der Waals surface area (Å²) < 4.78 is 1.90. The number of benzene rings is 1. The van der Waals surface area contributed by atoms with Crippen LogP contribution in [0.2, 0.25) is 0 Å². The lowest BCUT2D eigenvalue weighted by Gasteiger charge is -2.23. The van der Waals surface area contributed by atoms with Gasteiger partial charge in [0.05, 0.1) is 17.5 Å². The highest BCUT2D eigenvalue weighted by atomic mass is 16.4. The molecule has 174 valence electrons. The minimum Gasteiger partial charge on any atom is -0.481 e. The Morgan fingerprint density at radius 2 is 1.71 bits per heavy atom. The third-order valence-electron chi connectivity index (χ3n) is 5.32. The molecule has 0 aliphatic heterocycles. The fourth-order valence-electron chi connectivity index (χ4n) is 3.61. The van der Waals surface area contributed by atoms with Crippen LogP contribution in [0.1, 0.15) is 18.4 Å². The molecule has 0 amide bonds. The number of guanidine groups is 2. The first-order chi connectivity index (χ1) is 16.1. The maximum absolute atomic E-state index is 11.6. The van der Waals surface area contributed by atoms with Crippen LogP contribution in [0.15, 0.2) is 64.4 Å². The summed E-state index contributed by atoms with van der Waals surface area (Å²) >= 11 is 0. The van der Waals surface area contributed by atoms with Crippen molar-refractivity contribution in [2.24, 2.45) is 46.1 Å². The first-order valence-electron chi connectivity index (χ1n) is 10.3. The lowest BCUT2D eigenvalue weighted by molar-refractivity contribution is -0.671. The maximum atomic E-state index is 11.6. The third-order valence-corrected chi connectivity index (χ3v) is 5.32. The molecule has 0 radical (unpaired) electrons. The van der Waals surface area contributed by atoms with Crippen LogP contribution in [-0.2, 0) is 16.6 Å². The topological polar surface area (TPSA) is 181 Å². The molecule has 0 bridgehead atoms. The molecule has 10 heteroatoms. The molecule has 1 aliphatic rings. The number of aliphatic carboxylic acids is 2. The van der Waals surface area contributed by atoms with Gasteiger partial charge in [0.1, 0.15) is 7.05 Å². The van der Waals surface area contributed by atoms with E-state index in [9.17, 15) is 19.8 Å². The molecule has 1 aromatic carbocycles. The minimum atomic E-state index is -1.15. The van der Waals surface area contributed by atoms with Gasteiger partial charge in [0, 0.05) is 17.7 Å². The number of pyridine rings is 1. The van der Waals surface area contributed by atoms with Gasteiger partial charge in [-0.1, -0.05) is 24.0 Å². The van der Waals surface area contributed by atoms with Crippen molar-refractivity contribution in [1.82, 2.24) is 0 Å². The maximum Gasteiger partial charge on any atom is 0.307 e. The molecule has 0 saturated heterocycles. The zero-order valence-corrected chi connectivity index (χ0v) is 18.5. The van der Waals surface area contributed by atoms with Gasteiger partial charge in [0.25, 0.3) is 0 Å². The van der Waals surface area contributed by atoms with Crippen molar-refractivity contribution < 1.29 is 24.4 Å². The van der Waals surface area contributed by atoms with Crippen LogP contribution in [0.3, 0.4) is 0 Å². The highest BCUT2D eigenvalue weighted by Crippen LogP contribution is 2.31. The van der Waals surface area contributed by atoms with E-state index < -0.39 is 23.8 Å². The predicted molar refractivity (Wildman–Crippen MR) is 127 cm³/mol. The Balaban J connectivity index is 2.03. The van der Waals surface area contributed by atoms with E-state index >= 15 is 0 Å². The number of carbonyl (C=O) groups is 2. The largest absolute Gasteiger partial charge is 0.481 e. The van der Waals surface area contributed by atoms with E-state index in [-0.39, 0.29) is 24.8 Å². The lowest BCUT2D eigenvalue weighted by Crippen LogP contribution is -2.32. The van der Waals surface area contributed by atoms with Crippen molar-refractivity contribution in [2.45, 2.75) is 12.8 Å². The van der Waals surface area contributed by atoms with Crippen molar-refractivity contribution in [3.63, 3.8) is 0 Å². The monoisotopic (exact) mass is 461 g/mol. The zero-order chi connectivity index (χ0) is 24.8. The Kier molecular flexibility index (Phi) is 7.28. The molecule has 34 heavy (non-hydrogen) atoms. The molecule has 1 heterocycles. The van der Waals surface area contributed by atoms with Gasteiger partial charge >= 0.3 is 11.9 Å². The van der Waals surface area contributed by atoms with E-state index in [0.29, 0.717) is 16.8 Å². The summed E-state index contributed by atoms with van der Waals surface area (Å²) in [6.07, 6.45) is 5.65. The van der Waals surface area contributed by atoms with Crippen LogP contribution < -0.4 is 21.8 Å². The van der Waals surface area contributed by atoms with E-state index in [2.05, 4.69) is 21.8 Å². The molecule has 0 saturated carbocycles. The van der Waals surface area contributed by atoms with Crippen LogP contribution in [0.5, 0.6) is 0 Å². The summed E-state index contributed by atoms with van der Waals surface area (Å²) in [6.45, 7) is 0. The quantitative estimate of drug-likeness (QED) is 0.194. The molecule has 1 aromatic heterocycles. The van der Waals surface area contributed by atoms with Gasteiger partial charge in [-0.2, -0.15) is 4.99 Å². The first-order valence-corrected chi connectivity index (χ1v) is 10.3. The number of rotatable bonds is 4. The summed E-state index contributed by atoms with van der Waals surface area (Å²) in [7, 11) is 1.91. The van der Waals surface area contributed by atoms with Gasteiger partial charge in [-0.05, 0) is 41.7 Å². The molecule has 10 nitrogen and oxygen atoms in total. The number of nitrogens with two attached hydrogens (primary N) is 3. The van der Waals surface area contributed by atoms with Crippen molar-refractivity contribution in [1.29, 1.82) is 0 Å². The third kappa shape index (κ3) is 5.98. The Hall–Kier alpha value is -4.65. The van der Waals surface area contributed by atoms with E-state index in [0.717, 1.165) is 11.1 Å². The summed E-state index contributed by atoms with van der Waals surface area (Å²) in [5.41, 5.74) is 19.9. The summed E-state index contributed by atoms with van der Waals surface area (Å²) in [4.78, 5) is 30.9. The Morgan fingerprint density at radius 3 is 2.32 bits per heavy atom. The van der Waals surface area contributed by atoms with Crippen molar-refractivity contribution >= 4 is 29.5 Å². The molecule has 3 rings (SSSR count). The number of allylic oxidation sites excluding steroid dienone is 2. The average Bonchev–Trinajstić information content (AvgIpc) is 2.77. The second kappa shape index (κ2) is 10.3. The number of carboxylic acid groups (broad SMARTS) is 2. The summed E-state index contributed by atoms with van der Waals surface area (Å²) in [6, 6.07) is 9.20. The van der Waals surface area contributed by atoms with Crippen LogP contribution in [0, 0.1) is 23.7 Å². The normalized spacial score (nSPS) is 17.7. The molecule has 0 fully saturated rings. The zero-order valence-electron chi connectivity index (χ0n) is 18.5. The Bertz CT molecular complexity index is 1260. The Labute approximate surface area is 196 Å². The Morgan fingerprint density at radius 1 is 1.03 bits per heavy atom. The minimum absolute atomic E-state index is 0.0467. The molecule has 8 N–H and O–H groups in total. The first kappa shape index (κ1) is 24.0. The van der Waals surface area contributed by atoms with E-state index in [1.807, 2.05) is 42.2 Å². The van der Waals surface area contributed by atoms with Gasteiger partial charge in [-0.25, -0.2) is 9.56 Å². The summed E-state index contributed by atoms with van der Waals surface area (Å²) in [5, 5.41) is 18.8. The van der Waals surface area contributed by atoms with Crippen LogP contribution >= 0.6 is 0 Å². The SMILES string of the molecule is C[n+]1ccc(-c2ccc(N=C(N)N=C(N)N)cc2C#CC2=CC[C@H](C(=O)O)[C@H](C(=O)O)C2)cc1. The van der Waals surface area contributed by atoms with Crippen molar-refractivity contribution in [3.05, 3.63) is 59.9 Å². The molecule has 2 atom stereocenters. The van der Waals surface area contributed by atoms with Gasteiger partial charge in [0.15, 0.2) is 18.4 Å². The fraction of sp³-hybridized carbons (Fsp3) is 0.208. The predicted octanol–water partition coefficient (Wildman–Crippen LogP) is 0.871. The van der Waals surface area contributed by atoms with E-state index in [1.54, 1.807) is 18.2 Å². The van der Waals surface area contributed by atoms with Gasteiger partial charge in [0.2, 0.25) is 5.96 Å². The lowest BCUT2D eigenvalue weighted by atomic mass is 9.79. The average molecular weight is 462 g/mol. The van der Waals surface area contributed by atoms with E-state index in [4.69, 9.17) is 17.2 Å². The highest BCUT2D eigenvalue weighted by molar-refractivity contribution is 5.93. The number of aliphatic imine (C=N–C) groups is 2. The van der Waals surface area contributed by atoms with Gasteiger partial charge in [-0.15, -0.1) is 0 Å².